The molecule has 0 spiro atoms. The number of esters is 3. The van der Waals surface area contributed by atoms with Crippen molar-refractivity contribution in [3.63, 3.8) is 0 Å². The lowest BCUT2D eigenvalue weighted by atomic mass is 9.98. The number of allylic oxidation sites excluding steroid dienone is 16. The van der Waals surface area contributed by atoms with E-state index in [0.29, 0.717) is 25.7 Å². The van der Waals surface area contributed by atoms with E-state index in [1.807, 2.05) is 0 Å². The zero-order chi connectivity index (χ0) is 53.3. The van der Waals surface area contributed by atoms with Gasteiger partial charge in [-0.1, -0.05) is 182 Å². The van der Waals surface area contributed by atoms with E-state index in [1.54, 1.807) is 0 Å². The summed E-state index contributed by atoms with van der Waals surface area (Å²) in [6.45, 7) is 5.67. The molecule has 6 unspecified atom stereocenters. The molecule has 6 atom stereocenters. The Morgan fingerprint density at radius 3 is 1.36 bits per heavy atom. The number of ether oxygens (including phenoxy) is 5. The molecule has 414 valence electrons. The number of carboxylic acids is 1. The maximum absolute atomic E-state index is 13.1. The predicted molar refractivity (Wildman–Crippen MR) is 294 cm³/mol. The number of unbranched alkanes of at least 4 members (excludes halogenated alkanes) is 16. The number of rotatable bonds is 46. The van der Waals surface area contributed by atoms with E-state index >= 15 is 0 Å². The van der Waals surface area contributed by atoms with Crippen LogP contribution in [-0.4, -0.2) is 89.2 Å². The first-order chi connectivity index (χ1) is 35.6. The Labute approximate surface area is 441 Å². The average Bonchev–Trinajstić information content (AvgIpc) is 3.37. The molecule has 0 aliphatic carbocycles. The Kier molecular flexibility index (Phi) is 44.4. The summed E-state index contributed by atoms with van der Waals surface area (Å²) in [4.78, 5) is 51.0. The number of aliphatic hydroxyl groups is 2. The summed E-state index contributed by atoms with van der Waals surface area (Å²) in [5.41, 5.74) is 0. The topological polar surface area (TPSA) is 175 Å². The summed E-state index contributed by atoms with van der Waals surface area (Å²) >= 11 is 0. The van der Waals surface area contributed by atoms with Gasteiger partial charge in [-0.05, 0) is 109 Å². The number of hydrogen-bond acceptors (Lipinski definition) is 11. The van der Waals surface area contributed by atoms with Crippen molar-refractivity contribution in [3.8, 4) is 0 Å². The molecule has 0 radical (unpaired) electrons. The first kappa shape index (κ1) is 66.7. The third-order valence-corrected chi connectivity index (χ3v) is 12.1. The highest BCUT2D eigenvalue weighted by molar-refractivity contribution is 5.74. The second-order valence-electron chi connectivity index (χ2n) is 18.8. The Balaban J connectivity index is 2.72. The van der Waals surface area contributed by atoms with E-state index in [-0.39, 0.29) is 25.9 Å². The van der Waals surface area contributed by atoms with E-state index < -0.39 is 67.3 Å². The summed E-state index contributed by atoms with van der Waals surface area (Å²) in [6, 6.07) is 0. The fourth-order valence-corrected chi connectivity index (χ4v) is 7.82. The van der Waals surface area contributed by atoms with Gasteiger partial charge in [0.15, 0.2) is 24.6 Å². The smallest absolute Gasteiger partial charge is 0.335 e. The average molecular weight is 1020 g/mol. The lowest BCUT2D eigenvalue weighted by Gasteiger charge is -2.40. The standard InChI is InChI=1S/C61H98O12/c1-4-7-10-13-16-19-22-24-26-27-29-30-33-35-38-41-44-47-53(62)69-50-52(71-54(63)48-45-42-39-36-32-21-18-15-12-9-6-3)51-70-61-59(57(66)56(65)58(73-61)60(67)68)72-55(64)49-46-43-40-37-34-31-28-25-23-20-17-14-11-8-5-2/h7-8,10-11,15-20,24-26,28,34,37,52,56-59,61,65-66H,4-6,9,12-14,21-23,27,29-33,35-36,38-51H2,1-3H3,(H,67,68)/b10-7-,11-8-,18-15-,19-16-,20-17-,26-24-,28-25-,37-34-. The zero-order valence-electron chi connectivity index (χ0n) is 45.3. The normalized spacial score (nSPS) is 19.1. The van der Waals surface area contributed by atoms with Crippen LogP contribution in [0.3, 0.4) is 0 Å². The fourth-order valence-electron chi connectivity index (χ4n) is 7.82. The van der Waals surface area contributed by atoms with Crippen LogP contribution >= 0.6 is 0 Å². The second kappa shape index (κ2) is 48.6. The highest BCUT2D eigenvalue weighted by Gasteiger charge is 2.50. The van der Waals surface area contributed by atoms with Gasteiger partial charge in [0.1, 0.15) is 18.8 Å². The molecular weight excluding hydrogens is 925 g/mol. The fraction of sp³-hybridized carbons (Fsp3) is 0.672. The number of aliphatic hydroxyl groups excluding tert-OH is 2. The summed E-state index contributed by atoms with van der Waals surface area (Å²) < 4.78 is 28.3. The molecule has 1 saturated heterocycles. The Bertz CT molecular complexity index is 1640. The molecule has 12 nitrogen and oxygen atoms in total. The van der Waals surface area contributed by atoms with Crippen LogP contribution < -0.4 is 0 Å². The van der Waals surface area contributed by atoms with Crippen molar-refractivity contribution in [2.45, 2.75) is 250 Å². The summed E-state index contributed by atoms with van der Waals surface area (Å²) in [5.74, 6) is -3.21. The zero-order valence-corrected chi connectivity index (χ0v) is 45.3. The van der Waals surface area contributed by atoms with Crippen LogP contribution in [0.25, 0.3) is 0 Å². The molecule has 73 heavy (non-hydrogen) atoms. The van der Waals surface area contributed by atoms with Crippen LogP contribution in [0.4, 0.5) is 0 Å². The summed E-state index contributed by atoms with van der Waals surface area (Å²) in [6.07, 6.45) is 51.0. The van der Waals surface area contributed by atoms with Crippen molar-refractivity contribution in [1.82, 2.24) is 0 Å². The van der Waals surface area contributed by atoms with Crippen molar-refractivity contribution in [2.24, 2.45) is 0 Å². The highest BCUT2D eigenvalue weighted by atomic mass is 16.7. The van der Waals surface area contributed by atoms with Crippen molar-refractivity contribution >= 4 is 23.9 Å². The van der Waals surface area contributed by atoms with Gasteiger partial charge in [0, 0.05) is 19.3 Å². The largest absolute Gasteiger partial charge is 0.479 e. The molecule has 3 N–H and O–H groups in total. The predicted octanol–water partition coefficient (Wildman–Crippen LogP) is 14.1. The van der Waals surface area contributed by atoms with Gasteiger partial charge in [-0.15, -0.1) is 0 Å². The van der Waals surface area contributed by atoms with Gasteiger partial charge in [0.2, 0.25) is 0 Å². The molecule has 1 fully saturated rings. The maximum Gasteiger partial charge on any atom is 0.335 e. The Morgan fingerprint density at radius 2 is 0.863 bits per heavy atom. The lowest BCUT2D eigenvalue weighted by Crippen LogP contribution is -2.61. The number of carbonyl (C=O) groups excluding carboxylic acids is 3. The van der Waals surface area contributed by atoms with E-state index in [0.717, 1.165) is 128 Å². The number of aliphatic carboxylic acids is 1. The molecule has 0 aromatic rings. The highest BCUT2D eigenvalue weighted by Crippen LogP contribution is 2.26. The van der Waals surface area contributed by atoms with Gasteiger partial charge >= 0.3 is 23.9 Å². The van der Waals surface area contributed by atoms with Crippen LogP contribution in [0, 0.1) is 0 Å². The van der Waals surface area contributed by atoms with Crippen LogP contribution in [0.2, 0.25) is 0 Å². The monoisotopic (exact) mass is 1020 g/mol. The molecule has 0 saturated carbocycles. The molecular formula is C61H98O12. The van der Waals surface area contributed by atoms with Gasteiger partial charge in [-0.3, -0.25) is 14.4 Å². The minimum atomic E-state index is -1.92. The molecule has 1 aliphatic rings. The van der Waals surface area contributed by atoms with Crippen molar-refractivity contribution in [2.75, 3.05) is 13.2 Å². The molecule has 0 aromatic heterocycles. The van der Waals surface area contributed by atoms with Crippen LogP contribution in [0.15, 0.2) is 97.2 Å². The Morgan fingerprint density at radius 1 is 0.466 bits per heavy atom. The van der Waals surface area contributed by atoms with Crippen molar-refractivity contribution in [3.05, 3.63) is 97.2 Å². The molecule has 0 aromatic carbocycles. The van der Waals surface area contributed by atoms with Gasteiger partial charge in [0.05, 0.1) is 6.61 Å². The van der Waals surface area contributed by atoms with E-state index in [4.69, 9.17) is 23.7 Å². The minimum Gasteiger partial charge on any atom is -0.479 e. The van der Waals surface area contributed by atoms with E-state index in [1.165, 1.54) is 19.3 Å². The molecule has 1 heterocycles. The third-order valence-electron chi connectivity index (χ3n) is 12.1. The summed E-state index contributed by atoms with van der Waals surface area (Å²) in [7, 11) is 0. The number of carbonyl (C=O) groups is 4. The van der Waals surface area contributed by atoms with Crippen LogP contribution in [0.1, 0.15) is 213 Å². The molecule has 0 bridgehead atoms. The van der Waals surface area contributed by atoms with E-state index in [9.17, 15) is 34.5 Å². The lowest BCUT2D eigenvalue weighted by molar-refractivity contribution is -0.301. The maximum atomic E-state index is 13.1. The SMILES string of the molecule is CC/C=C\C/C=C\C/C=C\C/C=C\CCCCC(=O)OC1C(OCC(COC(=O)CCCCCCCCC/C=C\C/C=C\C/C=C\CC)OC(=O)CCCCCCC/C=C\CCCC)OC(C(=O)O)C(O)C1O. The number of carboxylic acid groups (broad SMARTS) is 1. The summed E-state index contributed by atoms with van der Waals surface area (Å²) in [5, 5.41) is 31.4. The minimum absolute atomic E-state index is 0.00242. The quantitative estimate of drug-likeness (QED) is 0.0228. The Hall–Kier alpha value is -4.36. The second-order valence-corrected chi connectivity index (χ2v) is 18.8. The first-order valence-electron chi connectivity index (χ1n) is 28.2. The number of hydrogen-bond donors (Lipinski definition) is 3. The van der Waals surface area contributed by atoms with Gasteiger partial charge in [-0.25, -0.2) is 4.79 Å². The first-order valence-corrected chi connectivity index (χ1v) is 28.2. The van der Waals surface area contributed by atoms with Crippen molar-refractivity contribution < 1.29 is 58.2 Å². The van der Waals surface area contributed by atoms with Gasteiger partial charge < -0.3 is 39.0 Å². The van der Waals surface area contributed by atoms with Gasteiger partial charge in [-0.2, -0.15) is 0 Å². The molecule has 1 aliphatic heterocycles. The molecule has 0 amide bonds. The van der Waals surface area contributed by atoms with Crippen LogP contribution in [0.5, 0.6) is 0 Å². The van der Waals surface area contributed by atoms with E-state index in [2.05, 4.69) is 118 Å². The third kappa shape index (κ3) is 38.8. The van der Waals surface area contributed by atoms with Crippen molar-refractivity contribution in [1.29, 1.82) is 0 Å². The van der Waals surface area contributed by atoms with Gasteiger partial charge in [0.25, 0.3) is 0 Å². The molecule has 1 rings (SSSR count). The van der Waals surface area contributed by atoms with Crippen LogP contribution in [-0.2, 0) is 42.9 Å². The molecule has 12 heteroatoms.